The van der Waals surface area contributed by atoms with Crippen LogP contribution in [0.15, 0.2) is 47.8 Å². The Morgan fingerprint density at radius 3 is 2.45 bits per heavy atom. The summed E-state index contributed by atoms with van der Waals surface area (Å²) in [5.41, 5.74) is 1.40. The summed E-state index contributed by atoms with van der Waals surface area (Å²) in [7, 11) is 0. The number of aromatic amines is 1. The Morgan fingerprint density at radius 1 is 1.10 bits per heavy atom. The molecule has 9 heteroatoms. The van der Waals surface area contributed by atoms with Gasteiger partial charge in [0.1, 0.15) is 0 Å². The number of alkyl halides is 3. The smallest absolute Gasteiger partial charge is 0.335 e. The molecular weight excluding hydrogens is 401 g/mol. The zero-order chi connectivity index (χ0) is 20.4. The molecule has 1 amide bonds. The third-order valence-corrected chi connectivity index (χ3v) is 5.83. The predicted octanol–water partition coefficient (Wildman–Crippen LogP) is 4.12. The van der Waals surface area contributed by atoms with Crippen molar-refractivity contribution in [2.24, 2.45) is 0 Å². The highest BCUT2D eigenvalue weighted by atomic mass is 32.1. The number of hydrogen-bond acceptors (Lipinski definition) is 4. The molecule has 0 spiro atoms. The van der Waals surface area contributed by atoms with Gasteiger partial charge in [0.05, 0.1) is 16.1 Å². The SMILES string of the molecule is O=C(c1cc(-c2cccs2)[nH]n1)N1CCN(Cc2ccc(C(F)(F)F)cc2)CC1. The Morgan fingerprint density at radius 2 is 1.83 bits per heavy atom. The molecule has 2 aromatic heterocycles. The van der Waals surface area contributed by atoms with Gasteiger partial charge in [-0.3, -0.25) is 14.8 Å². The summed E-state index contributed by atoms with van der Waals surface area (Å²) in [5.74, 6) is -0.113. The van der Waals surface area contributed by atoms with E-state index in [1.54, 1.807) is 22.3 Å². The summed E-state index contributed by atoms with van der Waals surface area (Å²) in [6.07, 6.45) is -4.32. The van der Waals surface area contributed by atoms with Gasteiger partial charge in [-0.15, -0.1) is 11.3 Å². The minimum absolute atomic E-state index is 0.113. The molecule has 1 aromatic carbocycles. The highest BCUT2D eigenvalue weighted by Crippen LogP contribution is 2.29. The molecule has 5 nitrogen and oxygen atoms in total. The number of H-pyrrole nitrogens is 1. The highest BCUT2D eigenvalue weighted by molar-refractivity contribution is 7.13. The third kappa shape index (κ3) is 4.51. The van der Waals surface area contributed by atoms with Crippen molar-refractivity contribution < 1.29 is 18.0 Å². The van der Waals surface area contributed by atoms with Gasteiger partial charge in [-0.1, -0.05) is 18.2 Å². The quantitative estimate of drug-likeness (QED) is 0.691. The molecule has 0 saturated carbocycles. The number of carbonyl (C=O) groups excluding carboxylic acids is 1. The number of piperazine rings is 1. The summed E-state index contributed by atoms with van der Waals surface area (Å²) in [4.78, 5) is 17.6. The van der Waals surface area contributed by atoms with E-state index in [0.29, 0.717) is 38.4 Å². The number of hydrogen-bond donors (Lipinski definition) is 1. The monoisotopic (exact) mass is 420 g/mol. The van der Waals surface area contributed by atoms with E-state index in [4.69, 9.17) is 0 Å². The van der Waals surface area contributed by atoms with E-state index in [2.05, 4.69) is 15.1 Å². The van der Waals surface area contributed by atoms with Crippen molar-refractivity contribution >= 4 is 17.2 Å². The molecule has 0 unspecified atom stereocenters. The fourth-order valence-electron chi connectivity index (χ4n) is 3.32. The Kier molecular flexibility index (Phi) is 5.42. The molecule has 1 saturated heterocycles. The van der Waals surface area contributed by atoms with Gasteiger partial charge in [-0.05, 0) is 35.2 Å². The summed E-state index contributed by atoms with van der Waals surface area (Å²) < 4.78 is 38.0. The average molecular weight is 420 g/mol. The first kappa shape index (κ1) is 19.7. The highest BCUT2D eigenvalue weighted by Gasteiger charge is 2.30. The lowest BCUT2D eigenvalue weighted by molar-refractivity contribution is -0.137. The van der Waals surface area contributed by atoms with Gasteiger partial charge in [0, 0.05) is 32.7 Å². The van der Waals surface area contributed by atoms with Gasteiger partial charge in [-0.25, -0.2) is 0 Å². The zero-order valence-corrected chi connectivity index (χ0v) is 16.3. The molecule has 1 aliphatic rings. The Bertz CT molecular complexity index is 959. The molecule has 3 heterocycles. The molecule has 0 aliphatic carbocycles. The number of thiophene rings is 1. The number of nitrogens with zero attached hydrogens (tertiary/aromatic N) is 3. The van der Waals surface area contributed by atoms with Crippen LogP contribution in [-0.4, -0.2) is 52.1 Å². The molecule has 29 heavy (non-hydrogen) atoms. The van der Waals surface area contributed by atoms with Crippen LogP contribution in [0.1, 0.15) is 21.6 Å². The number of carbonyl (C=O) groups is 1. The molecule has 152 valence electrons. The van der Waals surface area contributed by atoms with Gasteiger partial charge < -0.3 is 4.90 Å². The van der Waals surface area contributed by atoms with Crippen molar-refractivity contribution in [1.29, 1.82) is 0 Å². The van der Waals surface area contributed by atoms with Gasteiger partial charge in [0.15, 0.2) is 5.69 Å². The van der Waals surface area contributed by atoms with Crippen molar-refractivity contribution in [3.63, 3.8) is 0 Å². The predicted molar refractivity (Wildman–Crippen MR) is 105 cm³/mol. The van der Waals surface area contributed by atoms with Crippen molar-refractivity contribution in [2.45, 2.75) is 12.7 Å². The van der Waals surface area contributed by atoms with E-state index < -0.39 is 11.7 Å². The molecule has 0 bridgehead atoms. The fourth-order valence-corrected chi connectivity index (χ4v) is 4.01. The van der Waals surface area contributed by atoms with Crippen LogP contribution in [0, 0.1) is 0 Å². The zero-order valence-electron chi connectivity index (χ0n) is 15.4. The van der Waals surface area contributed by atoms with E-state index in [0.717, 1.165) is 28.3 Å². The molecule has 1 aliphatic heterocycles. The van der Waals surface area contributed by atoms with E-state index in [9.17, 15) is 18.0 Å². The van der Waals surface area contributed by atoms with Gasteiger partial charge in [0.2, 0.25) is 0 Å². The standard InChI is InChI=1S/C20H19F3N4OS/c21-20(22,23)15-5-3-14(4-6-15)13-26-7-9-27(10-8-26)19(28)17-12-16(24-25-17)18-2-1-11-29-18/h1-6,11-12H,7-10,13H2,(H,24,25). The molecule has 1 fully saturated rings. The number of aromatic nitrogens is 2. The third-order valence-electron chi connectivity index (χ3n) is 4.93. The van der Waals surface area contributed by atoms with Crippen LogP contribution in [0.4, 0.5) is 13.2 Å². The molecule has 0 atom stereocenters. The largest absolute Gasteiger partial charge is 0.416 e. The van der Waals surface area contributed by atoms with Crippen LogP contribution in [-0.2, 0) is 12.7 Å². The van der Waals surface area contributed by atoms with Gasteiger partial charge in [-0.2, -0.15) is 18.3 Å². The van der Waals surface area contributed by atoms with Crippen LogP contribution < -0.4 is 0 Å². The topological polar surface area (TPSA) is 52.2 Å². The van der Waals surface area contributed by atoms with Crippen LogP contribution in [0.3, 0.4) is 0 Å². The lowest BCUT2D eigenvalue weighted by Crippen LogP contribution is -2.48. The molecule has 0 radical (unpaired) electrons. The Hall–Kier alpha value is -2.65. The maximum Gasteiger partial charge on any atom is 0.416 e. The lowest BCUT2D eigenvalue weighted by atomic mass is 10.1. The minimum atomic E-state index is -4.32. The van der Waals surface area contributed by atoms with Crippen LogP contribution in [0.2, 0.25) is 0 Å². The van der Waals surface area contributed by atoms with E-state index in [1.807, 2.05) is 17.5 Å². The second-order valence-electron chi connectivity index (χ2n) is 6.91. The second-order valence-corrected chi connectivity index (χ2v) is 7.85. The first-order valence-corrected chi connectivity index (χ1v) is 10.1. The minimum Gasteiger partial charge on any atom is -0.335 e. The molecule has 4 rings (SSSR count). The molecule has 3 aromatic rings. The molecule has 1 N–H and O–H groups in total. The van der Waals surface area contributed by atoms with Gasteiger partial charge in [0.25, 0.3) is 5.91 Å². The first-order valence-electron chi connectivity index (χ1n) is 9.17. The van der Waals surface area contributed by atoms with Crippen molar-refractivity contribution in [3.05, 3.63) is 64.7 Å². The average Bonchev–Trinajstić information content (AvgIpc) is 3.39. The fraction of sp³-hybridized carbons (Fsp3) is 0.300. The Balaban J connectivity index is 1.32. The van der Waals surface area contributed by atoms with Crippen LogP contribution in [0.25, 0.3) is 10.6 Å². The normalized spacial score (nSPS) is 15.6. The lowest BCUT2D eigenvalue weighted by Gasteiger charge is -2.34. The summed E-state index contributed by atoms with van der Waals surface area (Å²) >= 11 is 1.57. The summed E-state index contributed by atoms with van der Waals surface area (Å²) in [6, 6.07) is 10.9. The maximum absolute atomic E-state index is 12.7. The van der Waals surface area contributed by atoms with Crippen LogP contribution in [0.5, 0.6) is 0 Å². The second kappa shape index (κ2) is 8.00. The van der Waals surface area contributed by atoms with Crippen molar-refractivity contribution in [2.75, 3.05) is 26.2 Å². The van der Waals surface area contributed by atoms with Crippen molar-refractivity contribution in [1.82, 2.24) is 20.0 Å². The van der Waals surface area contributed by atoms with E-state index >= 15 is 0 Å². The number of rotatable bonds is 4. The van der Waals surface area contributed by atoms with Crippen LogP contribution >= 0.6 is 11.3 Å². The number of benzene rings is 1. The summed E-state index contributed by atoms with van der Waals surface area (Å²) in [6.45, 7) is 3.00. The summed E-state index contributed by atoms with van der Waals surface area (Å²) in [5, 5.41) is 9.02. The Labute approximate surface area is 169 Å². The number of nitrogens with one attached hydrogen (secondary N) is 1. The first-order chi connectivity index (χ1) is 13.9. The van der Waals surface area contributed by atoms with Gasteiger partial charge >= 0.3 is 6.18 Å². The van der Waals surface area contributed by atoms with Crippen molar-refractivity contribution in [3.8, 4) is 10.6 Å². The number of halogens is 3. The maximum atomic E-state index is 12.7. The number of amides is 1. The van der Waals surface area contributed by atoms with E-state index in [1.165, 1.54) is 12.1 Å². The van der Waals surface area contributed by atoms with E-state index in [-0.39, 0.29) is 5.91 Å². The molecular formula is C20H19F3N4OS.